The van der Waals surface area contributed by atoms with Crippen LogP contribution in [0.5, 0.6) is 5.75 Å². The molecule has 0 amide bonds. The molecule has 2 N–H and O–H groups in total. The molecule has 18 heavy (non-hydrogen) atoms. The van der Waals surface area contributed by atoms with Gasteiger partial charge in [-0.15, -0.1) is 0 Å². The van der Waals surface area contributed by atoms with Crippen LogP contribution in [0, 0.1) is 3.57 Å². The quantitative estimate of drug-likeness (QED) is 0.825. The lowest BCUT2D eigenvalue weighted by Gasteiger charge is -2.14. The van der Waals surface area contributed by atoms with Crippen LogP contribution in [0.25, 0.3) is 0 Å². The fraction of sp³-hybridized carbons (Fsp3) is 0.143. The van der Waals surface area contributed by atoms with Crippen LogP contribution < -0.4 is 10.5 Å². The molecule has 2 rings (SSSR count). The Morgan fingerprint density at radius 3 is 2.28 bits per heavy atom. The summed E-state index contributed by atoms with van der Waals surface area (Å²) in [5, 5.41) is 0.733. The van der Waals surface area contributed by atoms with Crippen LogP contribution in [-0.4, -0.2) is 7.11 Å². The molecule has 0 saturated carbocycles. The summed E-state index contributed by atoms with van der Waals surface area (Å²) in [5.74, 6) is 0.826. The number of methoxy groups -OCH3 is 1. The van der Waals surface area contributed by atoms with Gasteiger partial charge in [0.25, 0.3) is 0 Å². The second kappa shape index (κ2) is 5.91. The fourth-order valence-corrected chi connectivity index (χ4v) is 2.23. The van der Waals surface area contributed by atoms with Gasteiger partial charge in [-0.1, -0.05) is 29.8 Å². The van der Waals surface area contributed by atoms with Crippen molar-refractivity contribution in [1.29, 1.82) is 0 Å². The molecule has 0 aliphatic carbocycles. The van der Waals surface area contributed by atoms with Gasteiger partial charge in [0.2, 0.25) is 0 Å². The molecule has 2 nitrogen and oxygen atoms in total. The van der Waals surface area contributed by atoms with Crippen LogP contribution in [0.15, 0.2) is 42.5 Å². The predicted molar refractivity (Wildman–Crippen MR) is 83.2 cm³/mol. The molecule has 0 aliphatic rings. The third-order valence-corrected chi connectivity index (χ3v) is 4.35. The van der Waals surface area contributed by atoms with E-state index in [-0.39, 0.29) is 6.04 Å². The van der Waals surface area contributed by atoms with Gasteiger partial charge in [0, 0.05) is 3.57 Å². The van der Waals surface area contributed by atoms with Gasteiger partial charge in [-0.25, -0.2) is 0 Å². The van der Waals surface area contributed by atoms with Crippen molar-refractivity contribution in [1.82, 2.24) is 0 Å². The normalized spacial score (nSPS) is 12.2. The zero-order valence-electron chi connectivity index (χ0n) is 9.86. The maximum absolute atomic E-state index is 6.22. The van der Waals surface area contributed by atoms with Gasteiger partial charge in [0.05, 0.1) is 18.2 Å². The molecule has 0 aliphatic heterocycles. The summed E-state index contributed by atoms with van der Waals surface area (Å²) < 4.78 is 6.15. The standard InChI is InChI=1S/C14H13ClINO/c1-18-11-5-2-9(3-6-11)14(17)10-4-7-13(16)12(15)8-10/h2-8,14H,17H2,1H3. The molecule has 0 saturated heterocycles. The third-order valence-electron chi connectivity index (χ3n) is 2.78. The van der Waals surface area contributed by atoms with E-state index in [0.29, 0.717) is 0 Å². The Hall–Kier alpha value is -0.780. The van der Waals surface area contributed by atoms with E-state index in [1.165, 1.54) is 0 Å². The fourth-order valence-electron chi connectivity index (χ4n) is 1.71. The summed E-state index contributed by atoms with van der Waals surface area (Å²) in [6.07, 6.45) is 0. The lowest BCUT2D eigenvalue weighted by molar-refractivity contribution is 0.414. The summed E-state index contributed by atoms with van der Waals surface area (Å²) in [6, 6.07) is 13.5. The maximum Gasteiger partial charge on any atom is 0.118 e. The summed E-state index contributed by atoms with van der Waals surface area (Å²) in [6.45, 7) is 0. The van der Waals surface area contributed by atoms with Crippen LogP contribution in [0.2, 0.25) is 5.02 Å². The van der Waals surface area contributed by atoms with Crippen LogP contribution in [0.1, 0.15) is 17.2 Å². The number of rotatable bonds is 3. The minimum atomic E-state index is -0.176. The molecule has 4 heteroatoms. The minimum absolute atomic E-state index is 0.176. The Balaban J connectivity index is 2.28. The van der Waals surface area contributed by atoms with Gasteiger partial charge in [0.15, 0.2) is 0 Å². The van der Waals surface area contributed by atoms with Crippen LogP contribution in [-0.2, 0) is 0 Å². The highest BCUT2D eigenvalue weighted by Crippen LogP contribution is 2.26. The number of ether oxygens (including phenoxy) is 1. The van der Waals surface area contributed by atoms with Gasteiger partial charge in [-0.05, 0) is 58.0 Å². The highest BCUT2D eigenvalue weighted by atomic mass is 127. The number of halogens is 2. The molecule has 0 radical (unpaired) electrons. The van der Waals surface area contributed by atoms with Crippen LogP contribution >= 0.6 is 34.2 Å². The van der Waals surface area contributed by atoms with E-state index < -0.39 is 0 Å². The molecule has 0 spiro atoms. The molecule has 0 fully saturated rings. The van der Waals surface area contributed by atoms with E-state index in [1.807, 2.05) is 42.5 Å². The SMILES string of the molecule is COc1ccc(C(N)c2ccc(I)c(Cl)c2)cc1. The number of nitrogens with two attached hydrogens (primary N) is 1. The topological polar surface area (TPSA) is 35.2 Å². The third kappa shape index (κ3) is 2.96. The van der Waals surface area contributed by atoms with Crippen molar-refractivity contribution in [3.63, 3.8) is 0 Å². The minimum Gasteiger partial charge on any atom is -0.497 e. The maximum atomic E-state index is 6.22. The Bertz CT molecular complexity index is 542. The van der Waals surface area contributed by atoms with E-state index in [9.17, 15) is 0 Å². The van der Waals surface area contributed by atoms with E-state index in [2.05, 4.69) is 22.6 Å². The highest BCUT2D eigenvalue weighted by molar-refractivity contribution is 14.1. The lowest BCUT2D eigenvalue weighted by Crippen LogP contribution is -2.11. The molecular weight excluding hydrogens is 361 g/mol. The van der Waals surface area contributed by atoms with Crippen molar-refractivity contribution in [3.8, 4) is 5.75 Å². The second-order valence-corrected chi connectivity index (χ2v) is 5.49. The monoisotopic (exact) mass is 373 g/mol. The molecule has 2 aromatic carbocycles. The van der Waals surface area contributed by atoms with Gasteiger partial charge >= 0.3 is 0 Å². The zero-order valence-corrected chi connectivity index (χ0v) is 12.8. The molecular formula is C14H13ClINO. The Labute approximate surface area is 125 Å². The molecule has 0 heterocycles. The average molecular weight is 374 g/mol. The molecule has 1 atom stereocenters. The smallest absolute Gasteiger partial charge is 0.118 e. The number of hydrogen-bond acceptors (Lipinski definition) is 2. The average Bonchev–Trinajstić information content (AvgIpc) is 2.41. The van der Waals surface area contributed by atoms with Crippen molar-refractivity contribution in [3.05, 3.63) is 62.2 Å². The first kappa shape index (κ1) is 13.6. The molecule has 0 aromatic heterocycles. The summed E-state index contributed by atoms with van der Waals surface area (Å²) in [7, 11) is 1.65. The number of hydrogen-bond donors (Lipinski definition) is 1. The molecule has 2 aromatic rings. The zero-order chi connectivity index (χ0) is 13.1. The van der Waals surface area contributed by atoms with Crippen LogP contribution in [0.3, 0.4) is 0 Å². The van der Waals surface area contributed by atoms with E-state index in [1.54, 1.807) is 7.11 Å². The van der Waals surface area contributed by atoms with Gasteiger partial charge in [0.1, 0.15) is 5.75 Å². The second-order valence-electron chi connectivity index (χ2n) is 3.92. The van der Waals surface area contributed by atoms with E-state index in [0.717, 1.165) is 25.5 Å². The first-order chi connectivity index (χ1) is 8.61. The van der Waals surface area contributed by atoms with E-state index in [4.69, 9.17) is 22.1 Å². The van der Waals surface area contributed by atoms with Crippen LogP contribution in [0.4, 0.5) is 0 Å². The Morgan fingerprint density at radius 1 is 1.11 bits per heavy atom. The van der Waals surface area contributed by atoms with E-state index >= 15 is 0 Å². The molecule has 94 valence electrons. The van der Waals surface area contributed by atoms with Crippen molar-refractivity contribution in [2.24, 2.45) is 5.73 Å². The first-order valence-electron chi connectivity index (χ1n) is 5.46. The highest BCUT2D eigenvalue weighted by Gasteiger charge is 2.10. The van der Waals surface area contributed by atoms with Crippen molar-refractivity contribution < 1.29 is 4.74 Å². The van der Waals surface area contributed by atoms with Crippen molar-refractivity contribution in [2.45, 2.75) is 6.04 Å². The lowest BCUT2D eigenvalue weighted by atomic mass is 10.00. The molecule has 1 unspecified atom stereocenters. The predicted octanol–water partition coefficient (Wildman–Crippen LogP) is 4.00. The summed E-state index contributed by atoms with van der Waals surface area (Å²) in [5.41, 5.74) is 8.27. The Morgan fingerprint density at radius 2 is 1.72 bits per heavy atom. The van der Waals surface area contributed by atoms with Crippen molar-refractivity contribution >= 4 is 34.2 Å². The largest absolute Gasteiger partial charge is 0.497 e. The summed E-state index contributed by atoms with van der Waals surface area (Å²) in [4.78, 5) is 0. The Kier molecular flexibility index (Phi) is 4.48. The first-order valence-corrected chi connectivity index (χ1v) is 6.92. The van der Waals surface area contributed by atoms with Crippen molar-refractivity contribution in [2.75, 3.05) is 7.11 Å². The van der Waals surface area contributed by atoms with Gasteiger partial charge < -0.3 is 10.5 Å². The van der Waals surface area contributed by atoms with Gasteiger partial charge in [-0.2, -0.15) is 0 Å². The summed E-state index contributed by atoms with van der Waals surface area (Å²) >= 11 is 8.31. The van der Waals surface area contributed by atoms with Gasteiger partial charge in [-0.3, -0.25) is 0 Å². The molecule has 0 bridgehead atoms. The number of benzene rings is 2.